The third-order valence-electron chi connectivity index (χ3n) is 5.88. The predicted octanol–water partition coefficient (Wildman–Crippen LogP) is 4.88. The van der Waals surface area contributed by atoms with Gasteiger partial charge in [-0.2, -0.15) is 0 Å². The Bertz CT molecular complexity index is 1390. The summed E-state index contributed by atoms with van der Waals surface area (Å²) in [6.45, 7) is 6.71. The number of nitrogens with zero attached hydrogens (tertiary/aromatic N) is 2. The van der Waals surface area contributed by atoms with Crippen LogP contribution in [0.5, 0.6) is 5.75 Å². The van der Waals surface area contributed by atoms with Crippen molar-refractivity contribution in [1.82, 2.24) is 10.2 Å². The molecule has 3 aromatic carbocycles. The summed E-state index contributed by atoms with van der Waals surface area (Å²) >= 11 is 6.19. The van der Waals surface area contributed by atoms with Crippen LogP contribution >= 0.6 is 11.6 Å². The van der Waals surface area contributed by atoms with Crippen molar-refractivity contribution < 1.29 is 22.7 Å². The standard InChI is InChI=1S/C29H34ClN3O5S/c1-21(28(35)31-29(2,3)4)32(19-22-14-16-25(38-5)17-15-22)27(34)20-33(24-11-9-10-23(30)18-24)39(36,37)26-12-7-6-8-13-26/h6-18,21H,19-20H2,1-5H3,(H,31,35). The van der Waals surface area contributed by atoms with Gasteiger partial charge in [-0.15, -0.1) is 0 Å². The van der Waals surface area contributed by atoms with Gasteiger partial charge in [0, 0.05) is 17.1 Å². The molecular weight excluding hydrogens is 538 g/mol. The highest BCUT2D eigenvalue weighted by Gasteiger charge is 2.33. The van der Waals surface area contributed by atoms with E-state index in [2.05, 4.69) is 5.32 Å². The van der Waals surface area contributed by atoms with Crippen molar-refractivity contribution in [1.29, 1.82) is 0 Å². The van der Waals surface area contributed by atoms with Crippen molar-refractivity contribution in [2.45, 2.75) is 50.7 Å². The molecule has 0 aliphatic heterocycles. The Morgan fingerprint density at radius 3 is 2.18 bits per heavy atom. The molecule has 3 aromatic rings. The molecule has 0 aromatic heterocycles. The van der Waals surface area contributed by atoms with Gasteiger partial charge in [-0.1, -0.05) is 48.0 Å². The summed E-state index contributed by atoms with van der Waals surface area (Å²) in [6, 6.07) is 20.4. The van der Waals surface area contributed by atoms with Gasteiger partial charge in [-0.25, -0.2) is 8.42 Å². The van der Waals surface area contributed by atoms with Crippen LogP contribution in [0.15, 0.2) is 83.8 Å². The van der Waals surface area contributed by atoms with E-state index < -0.39 is 34.1 Å². The van der Waals surface area contributed by atoms with Crippen LogP contribution in [-0.2, 0) is 26.2 Å². The molecule has 0 heterocycles. The summed E-state index contributed by atoms with van der Waals surface area (Å²) in [5.74, 6) is -0.261. The third-order valence-corrected chi connectivity index (χ3v) is 7.91. The molecule has 0 bridgehead atoms. The molecule has 0 spiro atoms. The predicted molar refractivity (Wildman–Crippen MR) is 153 cm³/mol. The first kappa shape index (κ1) is 30.0. The fourth-order valence-electron chi connectivity index (χ4n) is 3.86. The number of halogens is 1. The van der Waals surface area contributed by atoms with Gasteiger partial charge < -0.3 is 15.0 Å². The molecule has 0 fully saturated rings. The maximum Gasteiger partial charge on any atom is 0.264 e. The lowest BCUT2D eigenvalue weighted by molar-refractivity contribution is -0.140. The Morgan fingerprint density at radius 2 is 1.62 bits per heavy atom. The minimum atomic E-state index is -4.15. The Labute approximate surface area is 235 Å². The van der Waals surface area contributed by atoms with Gasteiger partial charge in [0.15, 0.2) is 0 Å². The van der Waals surface area contributed by atoms with E-state index in [-0.39, 0.29) is 23.0 Å². The van der Waals surface area contributed by atoms with E-state index in [9.17, 15) is 18.0 Å². The van der Waals surface area contributed by atoms with Crippen molar-refractivity contribution in [3.05, 3.63) is 89.4 Å². The summed E-state index contributed by atoms with van der Waals surface area (Å²) in [6.07, 6.45) is 0. The van der Waals surface area contributed by atoms with Gasteiger partial charge in [0.2, 0.25) is 11.8 Å². The average Bonchev–Trinajstić information content (AvgIpc) is 2.89. The smallest absolute Gasteiger partial charge is 0.264 e. The average molecular weight is 572 g/mol. The molecule has 1 atom stereocenters. The number of carbonyl (C=O) groups is 2. The Kier molecular flexibility index (Phi) is 9.63. The van der Waals surface area contributed by atoms with E-state index in [0.717, 1.165) is 9.87 Å². The molecule has 39 heavy (non-hydrogen) atoms. The fraction of sp³-hybridized carbons (Fsp3) is 0.310. The molecule has 1 N–H and O–H groups in total. The largest absolute Gasteiger partial charge is 0.497 e. The van der Waals surface area contributed by atoms with Gasteiger partial charge in [-0.05, 0) is 75.7 Å². The number of rotatable bonds is 10. The summed E-state index contributed by atoms with van der Waals surface area (Å²) in [4.78, 5) is 28.5. The molecular formula is C29H34ClN3O5S. The van der Waals surface area contributed by atoms with Crippen molar-refractivity contribution in [3.63, 3.8) is 0 Å². The van der Waals surface area contributed by atoms with Crippen molar-refractivity contribution in [3.8, 4) is 5.75 Å². The van der Waals surface area contributed by atoms with E-state index in [0.29, 0.717) is 10.8 Å². The molecule has 1 unspecified atom stereocenters. The third kappa shape index (κ3) is 7.97. The first-order valence-corrected chi connectivity index (χ1v) is 14.2. The van der Waals surface area contributed by atoms with Crippen LogP contribution in [0.4, 0.5) is 5.69 Å². The SMILES string of the molecule is COc1ccc(CN(C(=O)CN(c2cccc(Cl)c2)S(=O)(=O)c2ccccc2)C(C)C(=O)NC(C)(C)C)cc1. The van der Waals surface area contributed by atoms with Crippen molar-refractivity contribution in [2.24, 2.45) is 0 Å². The monoisotopic (exact) mass is 571 g/mol. The summed E-state index contributed by atoms with van der Waals surface area (Å²) in [5.41, 5.74) is 0.458. The van der Waals surface area contributed by atoms with Gasteiger partial charge in [0.25, 0.3) is 10.0 Å². The fourth-order valence-corrected chi connectivity index (χ4v) is 5.48. The van der Waals surface area contributed by atoms with E-state index in [1.54, 1.807) is 74.7 Å². The second-order valence-electron chi connectivity index (χ2n) is 10.1. The zero-order valence-electron chi connectivity index (χ0n) is 22.7. The number of benzene rings is 3. The minimum Gasteiger partial charge on any atom is -0.497 e. The zero-order valence-corrected chi connectivity index (χ0v) is 24.3. The summed E-state index contributed by atoms with van der Waals surface area (Å²) in [5, 5.41) is 3.23. The lowest BCUT2D eigenvalue weighted by Gasteiger charge is -2.33. The van der Waals surface area contributed by atoms with Gasteiger partial charge >= 0.3 is 0 Å². The second kappa shape index (κ2) is 12.5. The maximum atomic E-state index is 13.9. The Hall–Kier alpha value is -3.56. The summed E-state index contributed by atoms with van der Waals surface area (Å²) in [7, 11) is -2.59. The van der Waals surface area contributed by atoms with E-state index in [4.69, 9.17) is 16.3 Å². The number of carbonyl (C=O) groups excluding carboxylic acids is 2. The van der Waals surface area contributed by atoms with Crippen molar-refractivity contribution >= 4 is 39.1 Å². The number of sulfonamides is 1. The minimum absolute atomic E-state index is 0.0259. The number of ether oxygens (including phenoxy) is 1. The highest BCUT2D eigenvalue weighted by molar-refractivity contribution is 7.92. The molecule has 8 nitrogen and oxygen atoms in total. The van der Waals surface area contributed by atoms with Crippen LogP contribution in [0.25, 0.3) is 0 Å². The molecule has 0 saturated heterocycles. The lowest BCUT2D eigenvalue weighted by Crippen LogP contribution is -2.54. The molecule has 0 radical (unpaired) electrons. The van der Waals surface area contributed by atoms with Crippen LogP contribution in [0.3, 0.4) is 0 Å². The van der Waals surface area contributed by atoms with Gasteiger partial charge in [0.1, 0.15) is 18.3 Å². The first-order chi connectivity index (χ1) is 18.3. The van der Waals surface area contributed by atoms with Crippen LogP contribution in [0.1, 0.15) is 33.3 Å². The molecule has 0 saturated carbocycles. The second-order valence-corrected chi connectivity index (χ2v) is 12.4. The molecule has 2 amide bonds. The number of hydrogen-bond acceptors (Lipinski definition) is 5. The highest BCUT2D eigenvalue weighted by Crippen LogP contribution is 2.27. The molecule has 0 aliphatic rings. The number of methoxy groups -OCH3 is 1. The van der Waals surface area contributed by atoms with Crippen LogP contribution in [-0.4, -0.2) is 50.4 Å². The lowest BCUT2D eigenvalue weighted by atomic mass is 10.1. The molecule has 10 heteroatoms. The molecule has 0 aliphatic carbocycles. The van der Waals surface area contributed by atoms with Crippen molar-refractivity contribution in [2.75, 3.05) is 18.0 Å². The van der Waals surface area contributed by atoms with Crippen LogP contribution < -0.4 is 14.4 Å². The number of nitrogens with one attached hydrogen (secondary N) is 1. The van der Waals surface area contributed by atoms with E-state index >= 15 is 0 Å². The maximum absolute atomic E-state index is 13.9. The Balaban J connectivity index is 2.02. The number of amides is 2. The quantitative estimate of drug-likeness (QED) is 0.374. The van der Waals surface area contributed by atoms with Crippen LogP contribution in [0.2, 0.25) is 5.02 Å². The molecule has 208 valence electrons. The van der Waals surface area contributed by atoms with Crippen LogP contribution in [0, 0.1) is 0 Å². The Morgan fingerprint density at radius 1 is 0.974 bits per heavy atom. The van der Waals surface area contributed by atoms with Gasteiger partial charge in [-0.3, -0.25) is 13.9 Å². The molecule has 3 rings (SSSR count). The first-order valence-electron chi connectivity index (χ1n) is 12.4. The van der Waals surface area contributed by atoms with E-state index in [1.807, 2.05) is 20.8 Å². The normalized spacial score (nSPS) is 12.4. The van der Waals surface area contributed by atoms with E-state index in [1.165, 1.54) is 23.1 Å². The summed E-state index contributed by atoms with van der Waals surface area (Å²) < 4.78 is 33.7. The zero-order chi connectivity index (χ0) is 28.8. The highest BCUT2D eigenvalue weighted by atomic mass is 35.5. The number of anilines is 1. The topological polar surface area (TPSA) is 96.0 Å². The van der Waals surface area contributed by atoms with Gasteiger partial charge in [0.05, 0.1) is 17.7 Å². The number of hydrogen-bond donors (Lipinski definition) is 1.